The molecule has 0 aromatic heterocycles. The number of benzene rings is 2. The second kappa shape index (κ2) is 17.1. The van der Waals surface area contributed by atoms with Crippen LogP contribution in [0, 0.1) is 11.3 Å². The van der Waals surface area contributed by atoms with Crippen LogP contribution in [0.15, 0.2) is 30.4 Å². The number of hydrogen-bond acceptors (Lipinski definition) is 11. The summed E-state index contributed by atoms with van der Waals surface area (Å²) in [5.74, 6) is -3.65. The minimum Gasteiger partial charge on any atom is -0.507 e. The van der Waals surface area contributed by atoms with Crippen molar-refractivity contribution >= 4 is 41.0 Å². The topological polar surface area (TPSA) is 221 Å². The second-order valence-corrected chi connectivity index (χ2v) is 14.2. The van der Waals surface area contributed by atoms with E-state index in [1.807, 2.05) is 7.05 Å². The quantitative estimate of drug-likeness (QED) is 0.0849. The standard InChI is InChI=1S/C39H47N5O10/c1-39(13-11-27(39)45)14-12-28(46)42-21-30(48)43-20-29(47)40-15-5-17-44(2)18-6-16-41-38(53)22-9-10-23-25(19-22)36(51)32-33(34(23)49)37(52)31-24(35(32)50)7-4-8-26(31)54-3/h4,7-8,11,13,22,49,51H,5-6,9-10,12,14-21H2,1-3H3,(H,40,47)(H,41,53)(H,42,46)(H,43,48)/t22-,39?/m0/s1. The van der Waals surface area contributed by atoms with Crippen molar-refractivity contribution in [2.75, 3.05) is 53.4 Å². The van der Waals surface area contributed by atoms with Gasteiger partial charge in [0.1, 0.15) is 17.2 Å². The van der Waals surface area contributed by atoms with Gasteiger partial charge in [-0.3, -0.25) is 33.6 Å². The van der Waals surface area contributed by atoms with E-state index in [4.69, 9.17) is 4.74 Å². The van der Waals surface area contributed by atoms with Crippen molar-refractivity contribution in [1.82, 2.24) is 26.2 Å². The highest BCUT2D eigenvalue weighted by Crippen LogP contribution is 2.47. The zero-order valence-electron chi connectivity index (χ0n) is 30.8. The molecule has 0 heterocycles. The Morgan fingerprint density at radius 2 is 1.48 bits per heavy atom. The molecule has 3 aliphatic rings. The minimum atomic E-state index is -0.613. The predicted molar refractivity (Wildman–Crippen MR) is 195 cm³/mol. The molecule has 4 amide bonds. The number of amides is 4. The number of rotatable bonds is 17. The van der Waals surface area contributed by atoms with Gasteiger partial charge in [0, 0.05) is 47.5 Å². The zero-order valence-corrected chi connectivity index (χ0v) is 30.8. The SMILES string of the molecule is COc1cccc2c1C(=O)c1c(O)c3c(c(O)c1C2=O)C[C@@H](C(=O)NCCCN(C)CCCNC(=O)CNC(=O)CNC(=O)CCC1(C)C=CC1=O)CC3. The molecule has 1 unspecified atom stereocenters. The van der Waals surface area contributed by atoms with E-state index in [9.17, 15) is 43.8 Å². The molecule has 0 saturated carbocycles. The summed E-state index contributed by atoms with van der Waals surface area (Å²) < 4.78 is 5.29. The molecule has 15 nitrogen and oxygen atoms in total. The first-order chi connectivity index (χ1) is 25.7. The average molecular weight is 746 g/mol. The predicted octanol–water partition coefficient (Wildman–Crippen LogP) is 1.09. The van der Waals surface area contributed by atoms with Gasteiger partial charge in [0.15, 0.2) is 11.6 Å². The average Bonchev–Trinajstić information content (AvgIpc) is 3.17. The summed E-state index contributed by atoms with van der Waals surface area (Å²) >= 11 is 0. The van der Waals surface area contributed by atoms with Gasteiger partial charge in [0.2, 0.25) is 29.4 Å². The van der Waals surface area contributed by atoms with Gasteiger partial charge in [0.25, 0.3) is 0 Å². The molecule has 0 saturated heterocycles. The molecule has 54 heavy (non-hydrogen) atoms. The Bertz CT molecular complexity index is 1910. The van der Waals surface area contributed by atoms with Crippen LogP contribution in [0.2, 0.25) is 0 Å². The maximum Gasteiger partial charge on any atom is 0.239 e. The number of ketones is 3. The molecular weight excluding hydrogens is 698 g/mol. The smallest absolute Gasteiger partial charge is 0.239 e. The monoisotopic (exact) mass is 745 g/mol. The van der Waals surface area contributed by atoms with E-state index in [1.54, 1.807) is 25.1 Å². The fourth-order valence-electron chi connectivity index (χ4n) is 7.01. The molecule has 0 radical (unpaired) electrons. The van der Waals surface area contributed by atoms with Gasteiger partial charge < -0.3 is 41.1 Å². The van der Waals surface area contributed by atoms with Gasteiger partial charge >= 0.3 is 0 Å². The van der Waals surface area contributed by atoms with Crippen LogP contribution in [-0.4, -0.2) is 110 Å². The second-order valence-electron chi connectivity index (χ2n) is 14.2. The lowest BCUT2D eigenvalue weighted by molar-refractivity contribution is -0.128. The summed E-state index contributed by atoms with van der Waals surface area (Å²) in [5.41, 5.74) is -0.333. The fraction of sp³-hybridized carbons (Fsp3) is 0.462. The van der Waals surface area contributed by atoms with Crippen LogP contribution in [-0.2, 0) is 36.8 Å². The minimum absolute atomic E-state index is 0.0148. The molecule has 2 atom stereocenters. The van der Waals surface area contributed by atoms with Crippen LogP contribution in [0.25, 0.3) is 0 Å². The van der Waals surface area contributed by atoms with Crippen molar-refractivity contribution in [3.8, 4) is 17.2 Å². The zero-order chi connectivity index (χ0) is 39.2. The number of aromatic hydroxyl groups is 2. The number of carbonyl (C=O) groups is 7. The molecule has 15 heteroatoms. The van der Waals surface area contributed by atoms with E-state index in [0.717, 1.165) is 0 Å². The van der Waals surface area contributed by atoms with Crippen LogP contribution >= 0.6 is 0 Å². The number of nitrogens with zero attached hydrogens (tertiary/aromatic N) is 1. The van der Waals surface area contributed by atoms with Crippen molar-refractivity contribution in [1.29, 1.82) is 0 Å². The van der Waals surface area contributed by atoms with Gasteiger partial charge in [-0.15, -0.1) is 0 Å². The van der Waals surface area contributed by atoms with E-state index in [1.165, 1.54) is 19.3 Å². The van der Waals surface area contributed by atoms with Crippen molar-refractivity contribution < 1.29 is 48.5 Å². The van der Waals surface area contributed by atoms with Crippen LogP contribution in [0.1, 0.15) is 82.0 Å². The number of phenolic OH excluding ortho intramolecular Hbond substituents is 2. The van der Waals surface area contributed by atoms with Crippen LogP contribution in [0.3, 0.4) is 0 Å². The van der Waals surface area contributed by atoms with E-state index < -0.39 is 28.8 Å². The summed E-state index contributed by atoms with van der Waals surface area (Å²) in [6.45, 7) is 3.44. The molecule has 3 aliphatic carbocycles. The summed E-state index contributed by atoms with van der Waals surface area (Å²) in [6.07, 6.45) is 5.78. The van der Waals surface area contributed by atoms with Gasteiger partial charge in [-0.1, -0.05) is 18.2 Å². The first kappa shape index (κ1) is 39.6. The Morgan fingerprint density at radius 3 is 2.13 bits per heavy atom. The van der Waals surface area contributed by atoms with Gasteiger partial charge in [0.05, 0.1) is 36.9 Å². The Balaban J connectivity index is 0.969. The number of nitrogens with one attached hydrogen (secondary N) is 4. The molecule has 0 bridgehead atoms. The molecule has 0 fully saturated rings. The van der Waals surface area contributed by atoms with E-state index >= 15 is 0 Å². The fourth-order valence-corrected chi connectivity index (χ4v) is 7.01. The van der Waals surface area contributed by atoms with Gasteiger partial charge in [-0.2, -0.15) is 0 Å². The van der Waals surface area contributed by atoms with Crippen molar-refractivity contribution in [2.24, 2.45) is 11.3 Å². The lowest BCUT2D eigenvalue weighted by Gasteiger charge is -2.29. The Labute approximate surface area is 312 Å². The maximum absolute atomic E-state index is 13.5. The first-order valence-electron chi connectivity index (χ1n) is 18.1. The lowest BCUT2D eigenvalue weighted by Crippen LogP contribution is -2.42. The summed E-state index contributed by atoms with van der Waals surface area (Å²) in [7, 11) is 3.31. The van der Waals surface area contributed by atoms with Crippen molar-refractivity contribution in [3.63, 3.8) is 0 Å². The molecule has 5 rings (SSSR count). The summed E-state index contributed by atoms with van der Waals surface area (Å²) in [4.78, 5) is 89.8. The third-order valence-corrected chi connectivity index (χ3v) is 10.4. The lowest BCUT2D eigenvalue weighted by atomic mass is 9.73. The van der Waals surface area contributed by atoms with Crippen molar-refractivity contribution in [3.05, 3.63) is 63.7 Å². The summed E-state index contributed by atoms with van der Waals surface area (Å²) in [5, 5.41) is 33.1. The molecule has 0 spiro atoms. The highest BCUT2D eigenvalue weighted by Gasteiger charge is 2.41. The van der Waals surface area contributed by atoms with Crippen LogP contribution < -0.4 is 26.0 Å². The first-order valence-corrected chi connectivity index (χ1v) is 18.1. The van der Waals surface area contributed by atoms with Crippen molar-refractivity contribution in [2.45, 2.75) is 51.9 Å². The third kappa shape index (κ3) is 8.62. The number of methoxy groups -OCH3 is 1. The number of ether oxygens (including phenoxy) is 1. The molecule has 288 valence electrons. The van der Waals surface area contributed by atoms with Gasteiger partial charge in [-0.25, -0.2) is 0 Å². The molecule has 2 aromatic rings. The number of allylic oxidation sites excluding steroid dienone is 2. The number of phenols is 2. The normalized spacial score (nSPS) is 18.2. The third-order valence-electron chi connectivity index (χ3n) is 10.4. The highest BCUT2D eigenvalue weighted by molar-refractivity contribution is 6.31. The van der Waals surface area contributed by atoms with E-state index in [0.29, 0.717) is 63.0 Å². The largest absolute Gasteiger partial charge is 0.507 e. The highest BCUT2D eigenvalue weighted by atomic mass is 16.5. The number of hydrogen-bond donors (Lipinski definition) is 6. The van der Waals surface area contributed by atoms with Gasteiger partial charge in [-0.05, 0) is 77.7 Å². The maximum atomic E-state index is 13.5. The molecule has 0 aliphatic heterocycles. The molecule has 2 aromatic carbocycles. The molecular formula is C39H47N5O10. The Kier molecular flexibility index (Phi) is 12.5. The van der Waals surface area contributed by atoms with Crippen LogP contribution in [0.4, 0.5) is 0 Å². The molecule has 6 N–H and O–H groups in total. The number of carbonyl (C=O) groups excluding carboxylic acids is 7. The van der Waals surface area contributed by atoms with E-state index in [-0.39, 0.29) is 95.4 Å². The number of fused-ring (bicyclic) bond motifs is 3. The Hall–Kier alpha value is -5.57. The Morgan fingerprint density at radius 1 is 0.852 bits per heavy atom. The summed E-state index contributed by atoms with van der Waals surface area (Å²) in [6, 6.07) is 4.60. The van der Waals surface area contributed by atoms with E-state index in [2.05, 4.69) is 26.2 Å². The van der Waals surface area contributed by atoms with Crippen LogP contribution in [0.5, 0.6) is 17.2 Å².